The second-order valence-corrected chi connectivity index (χ2v) is 9.77. The van der Waals surface area contributed by atoms with Crippen molar-refractivity contribution in [3.8, 4) is 0 Å². The van der Waals surface area contributed by atoms with Crippen LogP contribution in [0.15, 0.2) is 35.1 Å². The molecule has 0 saturated carbocycles. The minimum atomic E-state index is -0.499. The number of hydrogen-bond donors (Lipinski definition) is 0. The van der Waals surface area contributed by atoms with Gasteiger partial charge in [-0.1, -0.05) is 56.3 Å². The zero-order valence-electron chi connectivity index (χ0n) is 17.0. The summed E-state index contributed by atoms with van der Waals surface area (Å²) in [4.78, 5) is 27.1. The molecule has 6 nitrogen and oxygen atoms in total. The number of carbonyl (C=O) groups excluding carboxylic acids is 1. The first-order chi connectivity index (χ1) is 13.8. The number of ether oxygens (including phenoxy) is 1. The predicted octanol–water partition coefficient (Wildman–Crippen LogP) is 3.75. The van der Waals surface area contributed by atoms with Gasteiger partial charge in [0.25, 0.3) is 5.56 Å². The number of benzene rings is 1. The number of aromatic nitrogens is 3. The fourth-order valence-electron chi connectivity index (χ4n) is 3.88. The van der Waals surface area contributed by atoms with E-state index in [9.17, 15) is 9.59 Å². The van der Waals surface area contributed by atoms with Gasteiger partial charge in [-0.3, -0.25) is 9.59 Å². The standard InChI is InChI=1S/C22H25N3O3S/c1-22(2,3)15-9-10-16-17(11-15)29-20-19(16)21(27)25(24-23-20)12-18(26)28-13-14-7-5-4-6-8-14/h4-8,15H,9-13H2,1-3H3/t15-/m0/s1. The molecule has 0 spiro atoms. The van der Waals surface area contributed by atoms with Crippen molar-refractivity contribution in [1.29, 1.82) is 0 Å². The highest BCUT2D eigenvalue weighted by molar-refractivity contribution is 7.18. The number of fused-ring (bicyclic) bond motifs is 3. The van der Waals surface area contributed by atoms with Gasteiger partial charge in [0.15, 0.2) is 4.83 Å². The Morgan fingerprint density at radius 2 is 2.03 bits per heavy atom. The van der Waals surface area contributed by atoms with Crippen LogP contribution in [0.3, 0.4) is 0 Å². The maximum atomic E-state index is 13.0. The number of rotatable bonds is 4. The normalized spacial score (nSPS) is 16.6. The van der Waals surface area contributed by atoms with Crippen molar-refractivity contribution in [1.82, 2.24) is 15.0 Å². The van der Waals surface area contributed by atoms with Gasteiger partial charge in [0.2, 0.25) is 0 Å². The Morgan fingerprint density at radius 1 is 1.28 bits per heavy atom. The van der Waals surface area contributed by atoms with E-state index >= 15 is 0 Å². The molecular formula is C22H25N3O3S. The summed E-state index contributed by atoms with van der Waals surface area (Å²) >= 11 is 1.57. The van der Waals surface area contributed by atoms with Crippen LogP contribution in [0.4, 0.5) is 0 Å². The van der Waals surface area contributed by atoms with Crippen molar-refractivity contribution in [2.45, 2.75) is 53.2 Å². The van der Waals surface area contributed by atoms with Crippen LogP contribution >= 0.6 is 11.3 Å². The molecule has 29 heavy (non-hydrogen) atoms. The zero-order valence-corrected chi connectivity index (χ0v) is 17.8. The number of aryl methyl sites for hydroxylation is 1. The molecule has 1 aliphatic rings. The fraction of sp³-hybridized carbons (Fsp3) is 0.455. The Bertz CT molecular complexity index is 1100. The average molecular weight is 412 g/mol. The number of nitrogens with zero attached hydrogens (tertiary/aromatic N) is 3. The number of esters is 1. The third-order valence-electron chi connectivity index (χ3n) is 5.68. The second-order valence-electron chi connectivity index (χ2n) is 8.69. The van der Waals surface area contributed by atoms with Crippen molar-refractivity contribution in [3.05, 3.63) is 56.7 Å². The number of carbonyl (C=O) groups is 1. The van der Waals surface area contributed by atoms with Crippen molar-refractivity contribution in [3.63, 3.8) is 0 Å². The molecule has 1 atom stereocenters. The summed E-state index contributed by atoms with van der Waals surface area (Å²) in [7, 11) is 0. The van der Waals surface area contributed by atoms with Crippen LogP contribution in [0.5, 0.6) is 0 Å². The second kappa shape index (κ2) is 7.71. The lowest BCUT2D eigenvalue weighted by Crippen LogP contribution is -2.29. The van der Waals surface area contributed by atoms with Gasteiger partial charge in [-0.2, -0.15) is 4.68 Å². The van der Waals surface area contributed by atoms with Crippen LogP contribution in [0.25, 0.3) is 10.2 Å². The van der Waals surface area contributed by atoms with E-state index in [0.717, 1.165) is 35.1 Å². The smallest absolute Gasteiger partial charge is 0.328 e. The third-order valence-corrected chi connectivity index (χ3v) is 6.82. The summed E-state index contributed by atoms with van der Waals surface area (Å²) in [6, 6.07) is 9.44. The lowest BCUT2D eigenvalue weighted by Gasteiger charge is -2.33. The van der Waals surface area contributed by atoms with Crippen molar-refractivity contribution >= 4 is 27.5 Å². The molecule has 0 fully saturated rings. The van der Waals surface area contributed by atoms with Crippen LogP contribution in [0, 0.1) is 11.3 Å². The van der Waals surface area contributed by atoms with E-state index in [1.165, 1.54) is 4.88 Å². The monoisotopic (exact) mass is 411 g/mol. The quantitative estimate of drug-likeness (QED) is 0.612. The summed E-state index contributed by atoms with van der Waals surface area (Å²) in [5.74, 6) is 0.0905. The zero-order chi connectivity index (χ0) is 20.6. The van der Waals surface area contributed by atoms with Crippen LogP contribution in [-0.4, -0.2) is 21.0 Å². The largest absolute Gasteiger partial charge is 0.459 e. The van der Waals surface area contributed by atoms with Crippen molar-refractivity contribution in [2.24, 2.45) is 11.3 Å². The molecule has 0 unspecified atom stereocenters. The number of hydrogen-bond acceptors (Lipinski definition) is 6. The van der Waals surface area contributed by atoms with E-state index in [0.29, 0.717) is 16.1 Å². The Balaban J connectivity index is 1.54. The minimum Gasteiger partial charge on any atom is -0.459 e. The van der Waals surface area contributed by atoms with E-state index in [4.69, 9.17) is 4.74 Å². The molecule has 0 radical (unpaired) electrons. The molecule has 2 heterocycles. The van der Waals surface area contributed by atoms with Gasteiger partial charge >= 0.3 is 5.97 Å². The molecular weight excluding hydrogens is 386 g/mol. The fourth-order valence-corrected chi connectivity index (χ4v) is 5.11. The van der Waals surface area contributed by atoms with Gasteiger partial charge < -0.3 is 4.74 Å². The first-order valence-electron chi connectivity index (χ1n) is 9.90. The van der Waals surface area contributed by atoms with Crippen LogP contribution < -0.4 is 5.56 Å². The van der Waals surface area contributed by atoms with Crippen molar-refractivity contribution in [2.75, 3.05) is 0 Å². The Kier molecular flexibility index (Phi) is 5.25. The van der Waals surface area contributed by atoms with Gasteiger partial charge in [0.1, 0.15) is 13.2 Å². The summed E-state index contributed by atoms with van der Waals surface area (Å²) in [6.07, 6.45) is 2.90. The summed E-state index contributed by atoms with van der Waals surface area (Å²) in [5, 5.41) is 8.83. The topological polar surface area (TPSA) is 74.1 Å². The highest BCUT2D eigenvalue weighted by Gasteiger charge is 2.32. The molecule has 7 heteroatoms. The lowest BCUT2D eigenvalue weighted by molar-refractivity contribution is -0.146. The number of thiophene rings is 1. The molecule has 152 valence electrons. The summed E-state index contributed by atoms with van der Waals surface area (Å²) < 4.78 is 6.40. The SMILES string of the molecule is CC(C)(C)[C@H]1CCc2c(sc3nnn(CC(=O)OCc4ccccc4)c(=O)c23)C1. The van der Waals surface area contributed by atoms with Crippen LogP contribution in [-0.2, 0) is 35.5 Å². The molecule has 1 aliphatic carbocycles. The van der Waals surface area contributed by atoms with Crippen LogP contribution in [0.1, 0.15) is 43.2 Å². The molecule has 1 aromatic carbocycles. The van der Waals surface area contributed by atoms with Gasteiger partial charge in [-0.05, 0) is 41.7 Å². The molecule has 0 N–H and O–H groups in total. The van der Waals surface area contributed by atoms with Gasteiger partial charge in [0.05, 0.1) is 5.39 Å². The minimum absolute atomic E-state index is 0.173. The van der Waals surface area contributed by atoms with Gasteiger partial charge in [-0.25, -0.2) is 0 Å². The highest BCUT2D eigenvalue weighted by Crippen LogP contribution is 2.41. The third kappa shape index (κ3) is 4.10. The van der Waals surface area contributed by atoms with Gasteiger partial charge in [0, 0.05) is 4.88 Å². The Morgan fingerprint density at radius 3 is 2.76 bits per heavy atom. The maximum absolute atomic E-state index is 13.0. The molecule has 4 rings (SSSR count). The summed E-state index contributed by atoms with van der Waals surface area (Å²) in [6.45, 7) is 6.74. The first kappa shape index (κ1) is 19.8. The molecule has 3 aromatic rings. The molecule has 0 aliphatic heterocycles. The van der Waals surface area contributed by atoms with Gasteiger partial charge in [-0.15, -0.1) is 16.4 Å². The van der Waals surface area contributed by atoms with E-state index in [-0.39, 0.29) is 24.1 Å². The van der Waals surface area contributed by atoms with E-state index in [1.54, 1.807) is 11.3 Å². The molecule has 0 saturated heterocycles. The lowest BCUT2D eigenvalue weighted by atomic mass is 9.72. The van der Waals surface area contributed by atoms with E-state index in [2.05, 4.69) is 31.1 Å². The maximum Gasteiger partial charge on any atom is 0.328 e. The van der Waals surface area contributed by atoms with Crippen LogP contribution in [0.2, 0.25) is 0 Å². The summed E-state index contributed by atoms with van der Waals surface area (Å²) in [5.41, 5.74) is 1.98. The van der Waals surface area contributed by atoms with E-state index in [1.807, 2.05) is 30.3 Å². The average Bonchev–Trinajstić information content (AvgIpc) is 3.07. The Labute approximate surface area is 173 Å². The molecule has 0 bridgehead atoms. The molecule has 2 aromatic heterocycles. The first-order valence-corrected chi connectivity index (χ1v) is 10.7. The predicted molar refractivity (Wildman–Crippen MR) is 113 cm³/mol. The Hall–Kier alpha value is -2.54. The highest BCUT2D eigenvalue weighted by atomic mass is 32.1. The van der Waals surface area contributed by atoms with Crippen molar-refractivity contribution < 1.29 is 9.53 Å². The van der Waals surface area contributed by atoms with E-state index < -0.39 is 5.97 Å². The molecule has 0 amide bonds.